The average Bonchev–Trinajstić information content (AvgIpc) is 2.71. The van der Waals surface area contributed by atoms with Crippen LogP contribution in [0.3, 0.4) is 0 Å². The molecule has 88 valence electrons. The molecule has 1 unspecified atom stereocenters. The molecule has 0 saturated heterocycles. The third-order valence-corrected chi connectivity index (χ3v) is 3.65. The second-order valence-corrected chi connectivity index (χ2v) is 4.70. The maximum absolute atomic E-state index is 5.61. The molecule has 2 rings (SSSR count). The van der Waals surface area contributed by atoms with Gasteiger partial charge in [0.25, 0.3) is 0 Å². The smallest absolute Gasteiger partial charge is 0.0399 e. The van der Waals surface area contributed by atoms with Gasteiger partial charge in [-0.3, -0.25) is 0 Å². The van der Waals surface area contributed by atoms with Gasteiger partial charge in [0, 0.05) is 18.8 Å². The van der Waals surface area contributed by atoms with Gasteiger partial charge in [-0.25, -0.2) is 0 Å². The molecule has 1 aromatic rings. The van der Waals surface area contributed by atoms with Gasteiger partial charge >= 0.3 is 0 Å². The number of hydrogen-bond acceptors (Lipinski definition) is 2. The maximum atomic E-state index is 5.61. The Morgan fingerprint density at radius 3 is 2.94 bits per heavy atom. The van der Waals surface area contributed by atoms with Crippen LogP contribution >= 0.6 is 0 Å². The number of rotatable bonds is 4. The van der Waals surface area contributed by atoms with E-state index in [2.05, 4.69) is 36.9 Å². The minimum Gasteiger partial charge on any atom is -0.371 e. The third-order valence-electron chi connectivity index (χ3n) is 3.65. The Bertz CT molecular complexity index is 360. The fraction of sp³-hybridized carbons (Fsp3) is 0.571. The van der Waals surface area contributed by atoms with E-state index in [4.69, 9.17) is 5.73 Å². The molecular weight excluding hydrogens is 196 g/mol. The predicted molar refractivity (Wildman–Crippen MR) is 70.1 cm³/mol. The summed E-state index contributed by atoms with van der Waals surface area (Å²) in [4.78, 5) is 2.45. The van der Waals surface area contributed by atoms with Gasteiger partial charge in [-0.15, -0.1) is 0 Å². The predicted octanol–water partition coefficient (Wildman–Crippen LogP) is 2.52. The monoisotopic (exact) mass is 218 g/mol. The molecule has 0 radical (unpaired) electrons. The van der Waals surface area contributed by atoms with Gasteiger partial charge in [-0.2, -0.15) is 0 Å². The van der Waals surface area contributed by atoms with Gasteiger partial charge in [0.1, 0.15) is 0 Å². The summed E-state index contributed by atoms with van der Waals surface area (Å²) in [6.45, 7) is 7.56. The normalized spacial score (nSPS) is 16.3. The largest absolute Gasteiger partial charge is 0.371 e. The highest BCUT2D eigenvalue weighted by Gasteiger charge is 2.18. The van der Waals surface area contributed by atoms with E-state index >= 15 is 0 Å². The van der Waals surface area contributed by atoms with Crippen LogP contribution in [0.25, 0.3) is 0 Å². The quantitative estimate of drug-likeness (QED) is 0.841. The van der Waals surface area contributed by atoms with Crippen LogP contribution in [0.4, 0.5) is 5.69 Å². The zero-order valence-electron chi connectivity index (χ0n) is 10.4. The first-order valence-corrected chi connectivity index (χ1v) is 6.34. The first-order chi connectivity index (χ1) is 7.76. The fourth-order valence-electron chi connectivity index (χ4n) is 2.54. The number of hydrogen-bond donors (Lipinski definition) is 1. The summed E-state index contributed by atoms with van der Waals surface area (Å²) in [7, 11) is 0. The van der Waals surface area contributed by atoms with Gasteiger partial charge < -0.3 is 10.6 Å². The van der Waals surface area contributed by atoms with E-state index in [1.165, 1.54) is 29.8 Å². The lowest BCUT2D eigenvalue weighted by atomic mass is 9.95. The molecule has 0 aliphatic carbocycles. The second kappa shape index (κ2) is 4.88. The van der Waals surface area contributed by atoms with Gasteiger partial charge in [0.15, 0.2) is 0 Å². The molecule has 0 bridgehead atoms. The van der Waals surface area contributed by atoms with Crippen molar-refractivity contribution in [2.75, 3.05) is 24.5 Å². The molecule has 1 aliphatic rings. The van der Waals surface area contributed by atoms with Gasteiger partial charge in [-0.1, -0.05) is 19.1 Å². The van der Waals surface area contributed by atoms with Crippen molar-refractivity contribution in [2.24, 2.45) is 5.73 Å². The number of fused-ring (bicyclic) bond motifs is 1. The first-order valence-electron chi connectivity index (χ1n) is 6.34. The lowest BCUT2D eigenvalue weighted by Gasteiger charge is -2.17. The topological polar surface area (TPSA) is 29.3 Å². The Hall–Kier alpha value is -1.02. The Morgan fingerprint density at radius 2 is 2.25 bits per heavy atom. The van der Waals surface area contributed by atoms with Crippen molar-refractivity contribution in [3.8, 4) is 0 Å². The average molecular weight is 218 g/mol. The van der Waals surface area contributed by atoms with Crippen molar-refractivity contribution < 1.29 is 0 Å². The molecule has 1 aromatic carbocycles. The van der Waals surface area contributed by atoms with E-state index in [1.54, 1.807) is 0 Å². The van der Waals surface area contributed by atoms with Crippen molar-refractivity contribution in [1.29, 1.82) is 0 Å². The summed E-state index contributed by atoms with van der Waals surface area (Å²) < 4.78 is 0. The van der Waals surface area contributed by atoms with Crippen LogP contribution in [0, 0.1) is 0 Å². The van der Waals surface area contributed by atoms with Crippen molar-refractivity contribution in [2.45, 2.75) is 32.6 Å². The lowest BCUT2D eigenvalue weighted by molar-refractivity contribution is 0.689. The Labute approximate surface area is 98.4 Å². The van der Waals surface area contributed by atoms with E-state index < -0.39 is 0 Å². The SMILES string of the molecule is CCN1CCc2cc(C(C)CCN)ccc21. The van der Waals surface area contributed by atoms with E-state index in [-0.39, 0.29) is 0 Å². The van der Waals surface area contributed by atoms with E-state index in [9.17, 15) is 0 Å². The number of nitrogens with zero attached hydrogens (tertiary/aromatic N) is 1. The van der Waals surface area contributed by atoms with Crippen molar-refractivity contribution in [3.63, 3.8) is 0 Å². The van der Waals surface area contributed by atoms with Crippen LogP contribution < -0.4 is 10.6 Å². The van der Waals surface area contributed by atoms with E-state index in [0.717, 1.165) is 19.5 Å². The van der Waals surface area contributed by atoms with Crippen LogP contribution in [-0.4, -0.2) is 19.6 Å². The third kappa shape index (κ3) is 2.07. The Balaban J connectivity index is 2.21. The molecule has 0 aromatic heterocycles. The summed E-state index contributed by atoms with van der Waals surface area (Å²) >= 11 is 0. The number of benzene rings is 1. The lowest BCUT2D eigenvalue weighted by Crippen LogP contribution is -2.19. The number of nitrogens with two attached hydrogens (primary N) is 1. The molecule has 2 nitrogen and oxygen atoms in total. The Kier molecular flexibility index (Phi) is 3.49. The zero-order valence-corrected chi connectivity index (χ0v) is 10.4. The summed E-state index contributed by atoms with van der Waals surface area (Å²) in [5.41, 5.74) is 10.0. The molecule has 2 heteroatoms. The van der Waals surface area contributed by atoms with Gasteiger partial charge in [0.05, 0.1) is 0 Å². The fourth-order valence-corrected chi connectivity index (χ4v) is 2.54. The van der Waals surface area contributed by atoms with Crippen molar-refractivity contribution >= 4 is 5.69 Å². The highest BCUT2D eigenvalue weighted by atomic mass is 15.1. The van der Waals surface area contributed by atoms with Crippen LogP contribution in [0.15, 0.2) is 18.2 Å². The Morgan fingerprint density at radius 1 is 1.44 bits per heavy atom. The highest BCUT2D eigenvalue weighted by molar-refractivity contribution is 5.59. The molecule has 0 fully saturated rings. The first kappa shape index (κ1) is 11.5. The number of likely N-dealkylation sites (N-methyl/N-ethyl adjacent to an activating group) is 1. The van der Waals surface area contributed by atoms with Crippen LogP contribution in [-0.2, 0) is 6.42 Å². The summed E-state index contributed by atoms with van der Waals surface area (Å²) in [6, 6.07) is 6.94. The van der Waals surface area contributed by atoms with Crippen molar-refractivity contribution in [1.82, 2.24) is 0 Å². The molecule has 16 heavy (non-hydrogen) atoms. The zero-order chi connectivity index (χ0) is 11.5. The van der Waals surface area contributed by atoms with Gasteiger partial charge in [-0.05, 0) is 49.4 Å². The molecule has 1 heterocycles. The molecule has 1 aliphatic heterocycles. The second-order valence-electron chi connectivity index (χ2n) is 4.70. The number of anilines is 1. The molecule has 0 saturated carbocycles. The van der Waals surface area contributed by atoms with Crippen LogP contribution in [0.1, 0.15) is 37.3 Å². The molecule has 0 spiro atoms. The maximum Gasteiger partial charge on any atom is 0.0399 e. The molecule has 2 N–H and O–H groups in total. The van der Waals surface area contributed by atoms with Crippen LogP contribution in [0.5, 0.6) is 0 Å². The van der Waals surface area contributed by atoms with Crippen molar-refractivity contribution in [3.05, 3.63) is 29.3 Å². The highest BCUT2D eigenvalue weighted by Crippen LogP contribution is 2.31. The van der Waals surface area contributed by atoms with Crippen LogP contribution in [0.2, 0.25) is 0 Å². The summed E-state index contributed by atoms with van der Waals surface area (Å²) in [5, 5.41) is 0. The molecule has 0 amide bonds. The minimum atomic E-state index is 0.589. The van der Waals surface area contributed by atoms with Gasteiger partial charge in [0.2, 0.25) is 0 Å². The summed E-state index contributed by atoms with van der Waals surface area (Å²) in [5.74, 6) is 0.589. The van der Waals surface area contributed by atoms with E-state index in [0.29, 0.717) is 5.92 Å². The van der Waals surface area contributed by atoms with E-state index in [1.807, 2.05) is 0 Å². The molecule has 1 atom stereocenters. The summed E-state index contributed by atoms with van der Waals surface area (Å²) in [6.07, 6.45) is 2.28. The standard InChI is InChI=1S/C14H22N2/c1-3-16-9-7-13-10-12(4-5-14(13)16)11(2)6-8-15/h4-5,10-11H,3,6-9,15H2,1-2H3. The molecular formula is C14H22N2. The minimum absolute atomic E-state index is 0.589.